The molecule has 12 aromatic carbocycles. The van der Waals surface area contributed by atoms with Crippen molar-refractivity contribution in [2.24, 2.45) is 81.8 Å². The molecule has 2 heterocycles. The van der Waals surface area contributed by atoms with E-state index in [1.54, 1.807) is 140 Å². The summed E-state index contributed by atoms with van der Waals surface area (Å²) >= 11 is 0. The minimum Gasteiger partial charge on any atom is -0.352 e. The van der Waals surface area contributed by atoms with E-state index in [1.165, 1.54) is 72.8 Å². The molecule has 8 N–H and O–H groups in total. The number of aryl methyl sites for hydroxylation is 4. The zero-order chi connectivity index (χ0) is 104. The molecule has 0 fully saturated rings. The van der Waals surface area contributed by atoms with Crippen LogP contribution in [0.4, 0.5) is 126 Å². The van der Waals surface area contributed by atoms with Gasteiger partial charge in [0.15, 0.2) is 0 Å². The van der Waals surface area contributed by atoms with Crippen LogP contribution >= 0.6 is 0 Å². The third-order valence-corrected chi connectivity index (χ3v) is 21.8. The Labute approximate surface area is 823 Å². The van der Waals surface area contributed by atoms with Crippen LogP contribution in [0.15, 0.2) is 368 Å². The van der Waals surface area contributed by atoms with Gasteiger partial charge in [-0.25, -0.2) is 4.98 Å². The van der Waals surface area contributed by atoms with Gasteiger partial charge in [-0.3, -0.25) is 18.2 Å². The number of anilines is 6. The van der Waals surface area contributed by atoms with E-state index in [1.807, 2.05) is 69.3 Å². The topological polar surface area (TPSA) is 746 Å². The number of aromatic nitrogens is 6. The highest BCUT2D eigenvalue weighted by molar-refractivity contribution is 7.86. The molecule has 0 saturated heterocycles. The van der Waals surface area contributed by atoms with Crippen LogP contribution in [0.3, 0.4) is 0 Å². The average Bonchev–Trinajstić information content (AvgIpc) is 0.812. The van der Waals surface area contributed by atoms with Gasteiger partial charge in [-0.15, -0.1) is 60.7 Å². The van der Waals surface area contributed by atoms with Crippen molar-refractivity contribution in [1.82, 2.24) is 29.9 Å². The quantitative estimate of drug-likeness (QED) is 0.0108. The number of hydrogen-bond acceptors (Lipinski definition) is 46. The molecular formula is C86H72N26O24S8. The fourth-order valence-electron chi connectivity index (χ4n) is 12.0. The Balaban J connectivity index is 0.00000124. The van der Waals surface area contributed by atoms with Crippen LogP contribution < -0.4 is 21.3 Å². The van der Waals surface area contributed by atoms with E-state index in [4.69, 9.17) is 80.4 Å². The summed E-state index contributed by atoms with van der Waals surface area (Å²) in [7, 11) is -30.8. The monoisotopic (exact) mass is 2110 g/mol. The molecule has 0 spiro atoms. The second kappa shape index (κ2) is 51.6. The molecule has 58 heteroatoms. The van der Waals surface area contributed by atoms with E-state index in [2.05, 4.69) is 103 Å². The summed E-state index contributed by atoms with van der Waals surface area (Å²) in [4.78, 5) is 27.4. The molecular weight excluding hydrogens is 2040 g/mol. The number of hydrogen-bond donors (Lipinski definition) is 8. The Morgan fingerprint density at radius 2 is 0.479 bits per heavy atom. The smallest absolute Gasteiger partial charge is 0.352 e. The standard InChI is InChI=1S/C86H72N26O12S4.4O3S/c1-53-45-57(15-37-73(53)107-103-63-21-17-61(18-22-63)99-101-65-25-33-71(34-26-65)125(113,114)115)49-81-91-82(50-58-16-38-74(54(2)46-58)109-111-77-41-31-69(51-79(77)127(119,120)121)105-97-59-11-7-5-8-12-59)93-83(92-81)87-43-44-88-84-94-85(89-67-29-39-75(55(3)47-67)108-104-64-23-19-62(20-24-64)100-102-66-27-35-72(36-28-66)126(116,117)118)96-86(95-84)90-68-30-40-76(56(4)48-68)110-112-78-42-32-70(52-80(78)128(122,123)124)106-98-60-13-9-6-10-14-60;4*1-4(2)3/h5-42,45-48,51-52H,43-44,49-50H2,1-4H3,(H,113,114,115)(H,116,117,118)(H,119,120,121)(H,122,123,124)(H,87,91,92,93)(H3,88,89,90,94,95,96);;;;. The Bertz CT molecular complexity index is 7780. The molecule has 0 aliphatic heterocycles. The molecule has 50 nitrogen and oxygen atoms in total. The molecule has 0 amide bonds. The summed E-state index contributed by atoms with van der Waals surface area (Å²) < 4.78 is 237. The summed E-state index contributed by atoms with van der Waals surface area (Å²) in [6, 6.07) is 71.3. The van der Waals surface area contributed by atoms with Gasteiger partial charge in [0.2, 0.25) is 23.8 Å². The van der Waals surface area contributed by atoms with E-state index in [-0.39, 0.29) is 82.3 Å². The molecule has 14 aromatic rings. The first-order chi connectivity index (χ1) is 68.4. The summed E-state index contributed by atoms with van der Waals surface area (Å²) in [5.74, 6) is 1.40. The summed E-state index contributed by atoms with van der Waals surface area (Å²) in [6.07, 6.45) is 0.469. The lowest BCUT2D eigenvalue weighted by Gasteiger charge is -2.13. The zero-order valence-corrected chi connectivity index (χ0v) is 80.8. The van der Waals surface area contributed by atoms with Crippen molar-refractivity contribution in [3.63, 3.8) is 0 Å². The van der Waals surface area contributed by atoms with Gasteiger partial charge in [-0.2, -0.15) is 130 Å². The molecule has 2 aromatic heterocycles. The molecule has 0 radical (unpaired) electrons. The fourth-order valence-corrected chi connectivity index (χ4v) is 14.2. The predicted molar refractivity (Wildman–Crippen MR) is 517 cm³/mol. The van der Waals surface area contributed by atoms with Gasteiger partial charge in [0.25, 0.3) is 40.5 Å². The number of rotatable bonds is 33. The van der Waals surface area contributed by atoms with Crippen molar-refractivity contribution >= 4 is 209 Å². The van der Waals surface area contributed by atoms with Crippen LogP contribution in [0.2, 0.25) is 0 Å². The van der Waals surface area contributed by atoms with E-state index < -0.39 is 92.7 Å². The Morgan fingerprint density at radius 1 is 0.243 bits per heavy atom. The van der Waals surface area contributed by atoms with Crippen LogP contribution in [-0.2, 0) is 95.7 Å². The molecule has 0 atom stereocenters. The minimum atomic E-state index is -4.80. The lowest BCUT2D eigenvalue weighted by Crippen LogP contribution is -2.19. The second-order valence-corrected chi connectivity index (χ2v) is 36.1. The largest absolute Gasteiger partial charge is 0.425 e. The van der Waals surface area contributed by atoms with Crippen molar-refractivity contribution in [1.29, 1.82) is 0 Å². The van der Waals surface area contributed by atoms with Gasteiger partial charge in [0.05, 0.1) is 89.4 Å². The summed E-state index contributed by atoms with van der Waals surface area (Å²) in [6.45, 7) is 7.72. The highest BCUT2D eigenvalue weighted by atomic mass is 32.2. The summed E-state index contributed by atoms with van der Waals surface area (Å²) in [5, 5.41) is 81.5. The minimum absolute atomic E-state index is 0.100. The third kappa shape index (κ3) is 36.8. The SMILES string of the molecule is Cc1cc(Cc2nc(Cc3ccc(N=Nc4ccc(N=Nc5ccccc5)cc4S(=O)(=O)O)c(C)c3)nc(NCCNc3nc(Nc4ccc(N=Nc5ccc(N=Nc6ccc(S(=O)(=O)O)cc6)cc5)c(C)c4)nc(Nc4ccc(N=Nc5ccc(N=Nc6ccccc6)cc5S(=O)(=O)O)c(C)c4)n3)n2)ccc1N=Nc1ccc(N=Nc2ccc(S(=O)(=O)O)cc2)cc1.O=S(=O)=O.O=S(=O)=O.O=S(=O)=O.O=S(=O)=O. The Morgan fingerprint density at radius 3 is 0.771 bits per heavy atom. The van der Waals surface area contributed by atoms with Crippen LogP contribution in [0.25, 0.3) is 0 Å². The molecule has 0 bridgehead atoms. The van der Waals surface area contributed by atoms with E-state index in [0.29, 0.717) is 102 Å². The normalized spacial score (nSPS) is 11.6. The number of azo groups is 8. The highest BCUT2D eigenvalue weighted by Crippen LogP contribution is 2.38. The second-order valence-electron chi connectivity index (χ2n) is 28.8. The molecule has 0 unspecified atom stereocenters. The predicted octanol–water partition coefficient (Wildman–Crippen LogP) is 19.8. The van der Waals surface area contributed by atoms with Crippen LogP contribution in [0.1, 0.15) is 45.0 Å². The lowest BCUT2D eigenvalue weighted by atomic mass is 10.1. The third-order valence-electron chi connectivity index (χ3n) is 18.3. The van der Waals surface area contributed by atoms with Crippen molar-refractivity contribution in [3.05, 3.63) is 312 Å². The fraction of sp³-hybridized carbons (Fsp3) is 0.0930. The van der Waals surface area contributed by atoms with Crippen molar-refractivity contribution in [2.45, 2.75) is 60.1 Å². The average molecular weight is 2110 g/mol. The molecule has 14 rings (SSSR count). The maximum Gasteiger partial charge on any atom is 0.425 e. The molecule has 0 aliphatic carbocycles. The summed E-state index contributed by atoms with van der Waals surface area (Å²) in [5.41, 5.74) is 11.3. The van der Waals surface area contributed by atoms with E-state index in [0.717, 1.165) is 34.4 Å². The molecule has 0 saturated carbocycles. The van der Waals surface area contributed by atoms with Crippen LogP contribution in [0, 0.1) is 27.7 Å². The maximum atomic E-state index is 12.7. The van der Waals surface area contributed by atoms with Gasteiger partial charge >= 0.3 is 42.4 Å². The van der Waals surface area contributed by atoms with Crippen LogP contribution in [-0.4, -0.2) is 145 Å². The number of nitrogens with one attached hydrogen (secondary N) is 4. The van der Waals surface area contributed by atoms with Gasteiger partial charge < -0.3 is 21.3 Å². The molecule has 144 heavy (non-hydrogen) atoms. The highest BCUT2D eigenvalue weighted by Gasteiger charge is 2.21. The van der Waals surface area contributed by atoms with Crippen LogP contribution in [0.5, 0.6) is 0 Å². The van der Waals surface area contributed by atoms with Crippen molar-refractivity contribution < 1.29 is 102 Å². The van der Waals surface area contributed by atoms with Crippen molar-refractivity contribution in [3.8, 4) is 0 Å². The van der Waals surface area contributed by atoms with Gasteiger partial charge in [0, 0.05) is 37.3 Å². The van der Waals surface area contributed by atoms with Gasteiger partial charge in [-0.05, 0) is 267 Å². The van der Waals surface area contributed by atoms with Gasteiger partial charge in [-0.1, -0.05) is 60.7 Å². The Kier molecular flexibility index (Phi) is 39.0. The first kappa shape index (κ1) is 109. The molecule has 0 aliphatic rings. The first-order valence-electron chi connectivity index (χ1n) is 40.4. The Hall–Kier alpha value is -17.2. The van der Waals surface area contributed by atoms with E-state index >= 15 is 0 Å². The number of benzene rings is 12. The van der Waals surface area contributed by atoms with Crippen molar-refractivity contribution in [2.75, 3.05) is 34.4 Å². The maximum absolute atomic E-state index is 12.7. The number of nitrogens with zero attached hydrogens (tertiary/aromatic N) is 22. The zero-order valence-electron chi connectivity index (χ0n) is 74.3. The molecule has 738 valence electrons. The van der Waals surface area contributed by atoms with Gasteiger partial charge in [0.1, 0.15) is 32.8 Å². The van der Waals surface area contributed by atoms with E-state index in [9.17, 15) is 51.9 Å². The lowest BCUT2D eigenvalue weighted by molar-refractivity contribution is 0.481. The first-order valence-corrected chi connectivity index (χ1v) is 50.2.